The second-order valence-electron chi connectivity index (χ2n) is 3.83. The van der Waals surface area contributed by atoms with Crippen LogP contribution in [0.25, 0.3) is 0 Å². The first kappa shape index (κ1) is 12.8. The first-order valence-electron chi connectivity index (χ1n) is 5.69. The molecule has 0 aromatic carbocycles. The van der Waals surface area contributed by atoms with E-state index in [1.807, 2.05) is 0 Å². The monoisotopic (exact) mass is 270 g/mol. The minimum Gasteiger partial charge on any atom is -0.338 e. The molecule has 0 radical (unpaired) electrons. The van der Waals surface area contributed by atoms with Crippen LogP contribution in [0.15, 0.2) is 5.16 Å². The van der Waals surface area contributed by atoms with Crippen LogP contribution in [-0.2, 0) is 4.79 Å². The number of hydrogen-bond acceptors (Lipinski definition) is 6. The summed E-state index contributed by atoms with van der Waals surface area (Å²) in [6.07, 6.45) is 2.15. The van der Waals surface area contributed by atoms with Gasteiger partial charge in [-0.25, -0.2) is 9.48 Å². The highest BCUT2D eigenvalue weighted by Gasteiger charge is 2.28. The second kappa shape index (κ2) is 5.80. The highest BCUT2D eigenvalue weighted by molar-refractivity contribution is 7.99. The lowest BCUT2D eigenvalue weighted by molar-refractivity contribution is -0.117. The van der Waals surface area contributed by atoms with Gasteiger partial charge in [0, 0.05) is 6.54 Å². The fourth-order valence-electron chi connectivity index (χ4n) is 1.33. The zero-order valence-electron chi connectivity index (χ0n) is 9.92. The van der Waals surface area contributed by atoms with Crippen molar-refractivity contribution in [3.63, 3.8) is 0 Å². The Bertz CT molecular complexity index is 444. The maximum atomic E-state index is 11.4. The van der Waals surface area contributed by atoms with Crippen LogP contribution in [0, 0.1) is 0 Å². The van der Waals surface area contributed by atoms with Gasteiger partial charge in [0.05, 0.1) is 11.8 Å². The number of amides is 3. The third-order valence-corrected chi connectivity index (χ3v) is 3.21. The lowest BCUT2D eigenvalue weighted by atomic mass is 10.6. The third kappa shape index (κ3) is 3.42. The molecule has 1 aromatic heterocycles. The van der Waals surface area contributed by atoms with Crippen molar-refractivity contribution >= 4 is 23.7 Å². The summed E-state index contributed by atoms with van der Waals surface area (Å²) in [6.45, 7) is 2.26. The van der Waals surface area contributed by atoms with Crippen molar-refractivity contribution in [2.45, 2.75) is 31.0 Å². The van der Waals surface area contributed by atoms with Crippen LogP contribution in [-0.4, -0.2) is 44.4 Å². The molecule has 8 nitrogen and oxygen atoms in total. The van der Waals surface area contributed by atoms with Gasteiger partial charge in [-0.3, -0.25) is 10.1 Å². The van der Waals surface area contributed by atoms with E-state index in [0.717, 1.165) is 12.8 Å². The maximum absolute atomic E-state index is 11.4. The molecule has 0 spiro atoms. The lowest BCUT2D eigenvalue weighted by Crippen LogP contribution is -2.40. The van der Waals surface area contributed by atoms with Gasteiger partial charge in [-0.1, -0.05) is 11.8 Å². The summed E-state index contributed by atoms with van der Waals surface area (Å²) >= 11 is 1.23. The quantitative estimate of drug-likeness (QED) is 0.727. The predicted octanol–water partition coefficient (Wildman–Crippen LogP) is -0.0542. The molecule has 0 bridgehead atoms. The zero-order chi connectivity index (χ0) is 13.0. The minimum atomic E-state index is -0.482. The number of nitrogens with zero attached hydrogens (tertiary/aromatic N) is 4. The van der Waals surface area contributed by atoms with Gasteiger partial charge in [0.15, 0.2) is 0 Å². The fraction of sp³-hybridized carbons (Fsp3) is 0.667. The van der Waals surface area contributed by atoms with Gasteiger partial charge in [-0.2, -0.15) is 0 Å². The molecule has 98 valence electrons. The van der Waals surface area contributed by atoms with Gasteiger partial charge in [0.1, 0.15) is 0 Å². The molecule has 1 aliphatic carbocycles. The molecule has 2 N–H and O–H groups in total. The lowest BCUT2D eigenvalue weighted by Gasteiger charge is -2.04. The molecular weight excluding hydrogens is 256 g/mol. The summed E-state index contributed by atoms with van der Waals surface area (Å²) in [5, 5.41) is 16.6. The molecule has 1 aliphatic rings. The summed E-state index contributed by atoms with van der Waals surface area (Å²) in [4.78, 5) is 22.6. The van der Waals surface area contributed by atoms with E-state index in [4.69, 9.17) is 0 Å². The standard InChI is InChI=1S/C9H14N6O2S/c1-2-10-8(17)11-7(16)5-18-9-12-13-14-15(9)6-3-4-6/h6H,2-5H2,1H3,(H2,10,11,16,17). The van der Waals surface area contributed by atoms with Gasteiger partial charge >= 0.3 is 6.03 Å². The van der Waals surface area contributed by atoms with Gasteiger partial charge in [-0.15, -0.1) is 5.10 Å². The predicted molar refractivity (Wildman–Crippen MR) is 64.0 cm³/mol. The van der Waals surface area contributed by atoms with Crippen molar-refractivity contribution in [3.8, 4) is 0 Å². The number of aromatic nitrogens is 4. The topological polar surface area (TPSA) is 102 Å². The molecule has 0 saturated heterocycles. The highest BCUT2D eigenvalue weighted by atomic mass is 32.2. The van der Waals surface area contributed by atoms with Gasteiger partial charge in [-0.05, 0) is 30.2 Å². The Hall–Kier alpha value is -1.64. The number of thioether (sulfide) groups is 1. The number of tetrazole rings is 1. The van der Waals surface area contributed by atoms with E-state index in [-0.39, 0.29) is 11.7 Å². The molecule has 2 rings (SSSR count). The van der Waals surface area contributed by atoms with E-state index in [9.17, 15) is 9.59 Å². The Morgan fingerprint density at radius 2 is 2.28 bits per heavy atom. The molecule has 1 heterocycles. The van der Waals surface area contributed by atoms with Crippen LogP contribution < -0.4 is 10.6 Å². The van der Waals surface area contributed by atoms with Crippen LogP contribution >= 0.6 is 11.8 Å². The van der Waals surface area contributed by atoms with Crippen molar-refractivity contribution in [2.75, 3.05) is 12.3 Å². The van der Waals surface area contributed by atoms with Gasteiger partial charge in [0.2, 0.25) is 11.1 Å². The van der Waals surface area contributed by atoms with Gasteiger partial charge in [0.25, 0.3) is 0 Å². The fourth-order valence-corrected chi connectivity index (χ4v) is 2.07. The van der Waals surface area contributed by atoms with Crippen molar-refractivity contribution in [2.24, 2.45) is 0 Å². The SMILES string of the molecule is CCNC(=O)NC(=O)CSc1nnnn1C1CC1. The third-order valence-electron chi connectivity index (χ3n) is 2.28. The molecule has 0 aliphatic heterocycles. The normalized spacial score (nSPS) is 14.3. The van der Waals surface area contributed by atoms with Crippen LogP contribution in [0.3, 0.4) is 0 Å². The number of nitrogens with one attached hydrogen (secondary N) is 2. The van der Waals surface area contributed by atoms with Crippen molar-refractivity contribution in [1.82, 2.24) is 30.8 Å². The van der Waals surface area contributed by atoms with E-state index in [2.05, 4.69) is 26.2 Å². The van der Waals surface area contributed by atoms with Crippen molar-refractivity contribution in [1.29, 1.82) is 0 Å². The highest BCUT2D eigenvalue weighted by Crippen LogP contribution is 2.36. The molecule has 1 fully saturated rings. The Labute approximate surface area is 108 Å². The van der Waals surface area contributed by atoms with Crippen LogP contribution in [0.2, 0.25) is 0 Å². The Kier molecular flexibility index (Phi) is 4.13. The number of imide groups is 1. The first-order chi connectivity index (χ1) is 8.70. The maximum Gasteiger partial charge on any atom is 0.321 e. The summed E-state index contributed by atoms with van der Waals surface area (Å²) < 4.78 is 1.73. The summed E-state index contributed by atoms with van der Waals surface area (Å²) in [7, 11) is 0. The molecule has 0 atom stereocenters. The van der Waals surface area contributed by atoms with Crippen molar-refractivity contribution < 1.29 is 9.59 Å². The van der Waals surface area contributed by atoms with E-state index in [1.165, 1.54) is 11.8 Å². The number of urea groups is 1. The Morgan fingerprint density at radius 3 is 2.94 bits per heavy atom. The molecular formula is C9H14N6O2S. The number of rotatable bonds is 5. The summed E-state index contributed by atoms with van der Waals surface area (Å²) in [6, 6.07) is -0.112. The Morgan fingerprint density at radius 1 is 1.50 bits per heavy atom. The number of hydrogen-bond donors (Lipinski definition) is 2. The number of carbonyl (C=O) groups excluding carboxylic acids is 2. The van der Waals surface area contributed by atoms with Gasteiger partial charge < -0.3 is 5.32 Å². The van der Waals surface area contributed by atoms with Crippen LogP contribution in [0.5, 0.6) is 0 Å². The van der Waals surface area contributed by atoms with Crippen molar-refractivity contribution in [3.05, 3.63) is 0 Å². The molecule has 0 unspecified atom stereocenters. The van der Waals surface area contributed by atoms with E-state index in [0.29, 0.717) is 17.7 Å². The molecule has 3 amide bonds. The van der Waals surface area contributed by atoms with Crippen LogP contribution in [0.1, 0.15) is 25.8 Å². The van der Waals surface area contributed by atoms with Crippen LogP contribution in [0.4, 0.5) is 4.79 Å². The summed E-state index contributed by atoms with van der Waals surface area (Å²) in [5.41, 5.74) is 0. The largest absolute Gasteiger partial charge is 0.338 e. The molecule has 1 saturated carbocycles. The van der Waals surface area contributed by atoms with E-state index >= 15 is 0 Å². The molecule has 18 heavy (non-hydrogen) atoms. The van der Waals surface area contributed by atoms with E-state index < -0.39 is 6.03 Å². The number of carbonyl (C=O) groups is 2. The zero-order valence-corrected chi connectivity index (χ0v) is 10.7. The molecule has 9 heteroatoms. The summed E-state index contributed by atoms with van der Waals surface area (Å²) in [5.74, 6) is -0.249. The smallest absolute Gasteiger partial charge is 0.321 e. The Balaban J connectivity index is 1.78. The van der Waals surface area contributed by atoms with E-state index in [1.54, 1.807) is 11.6 Å². The minimum absolute atomic E-state index is 0.115. The first-order valence-corrected chi connectivity index (χ1v) is 6.67. The second-order valence-corrected chi connectivity index (χ2v) is 4.78. The average Bonchev–Trinajstić information content (AvgIpc) is 3.06. The molecule has 1 aromatic rings. The average molecular weight is 270 g/mol.